The lowest BCUT2D eigenvalue weighted by atomic mass is 10.1. The number of aromatic nitrogens is 4. The number of thioether (sulfide) groups is 1. The number of para-hydroxylation sites is 2. The number of nitrogens with zero attached hydrogens (tertiary/aromatic N) is 4. The van der Waals surface area contributed by atoms with Gasteiger partial charge in [0.05, 0.1) is 22.9 Å². The second-order valence-corrected chi connectivity index (χ2v) is 8.96. The maximum Gasteiger partial charge on any atom is 0.240 e. The second kappa shape index (κ2) is 9.69. The Bertz CT molecular complexity index is 1500. The molecule has 0 amide bonds. The maximum absolute atomic E-state index is 11.3. The van der Waals surface area contributed by atoms with Gasteiger partial charge in [-0.05, 0) is 41.6 Å². The summed E-state index contributed by atoms with van der Waals surface area (Å²) in [4.78, 5) is 5.91. The minimum absolute atomic E-state index is 0.124. The topological polar surface area (TPSA) is 108 Å². The molecule has 5 N–H and O–H groups in total. The predicted octanol–water partition coefficient (Wildman–Crippen LogP) is 4.93. The summed E-state index contributed by atoms with van der Waals surface area (Å²) in [5, 5.41) is 15.7. The van der Waals surface area contributed by atoms with E-state index >= 15 is 0 Å². The summed E-state index contributed by atoms with van der Waals surface area (Å²) in [5.74, 6) is 0.263. The van der Waals surface area contributed by atoms with Crippen LogP contribution in [-0.2, 0) is 13.1 Å². The van der Waals surface area contributed by atoms with E-state index in [1.165, 1.54) is 9.58 Å². The van der Waals surface area contributed by atoms with Gasteiger partial charge in [-0.25, -0.2) is 9.67 Å². The molecule has 3 aromatic carbocycles. The molecule has 8 heteroatoms. The molecule has 0 aliphatic rings. The monoisotopic (exact) mass is 482 g/mol. The molecule has 0 spiro atoms. The lowest BCUT2D eigenvalue weighted by molar-refractivity contribution is 0.453. The number of fused-ring (bicyclic) bond motifs is 1. The Balaban J connectivity index is 1.61. The van der Waals surface area contributed by atoms with Crippen molar-refractivity contribution in [2.24, 2.45) is 11.5 Å². The Hall–Kier alpha value is -4.01. The first kappa shape index (κ1) is 22.8. The zero-order valence-corrected chi connectivity index (χ0v) is 20.1. The van der Waals surface area contributed by atoms with Crippen LogP contribution < -0.4 is 11.5 Å². The second-order valence-electron chi connectivity index (χ2n) is 8.08. The maximum atomic E-state index is 11.3. The Morgan fingerprint density at radius 2 is 1.69 bits per heavy atom. The quantitative estimate of drug-likeness (QED) is 0.224. The first-order chi connectivity index (χ1) is 17.1. The van der Waals surface area contributed by atoms with E-state index < -0.39 is 0 Å². The van der Waals surface area contributed by atoms with Gasteiger partial charge in [-0.3, -0.25) is 0 Å². The van der Waals surface area contributed by atoms with Crippen molar-refractivity contribution in [1.29, 1.82) is 0 Å². The van der Waals surface area contributed by atoms with E-state index in [9.17, 15) is 5.11 Å². The normalized spacial score (nSPS) is 12.2. The van der Waals surface area contributed by atoms with Crippen molar-refractivity contribution in [1.82, 2.24) is 19.3 Å². The summed E-state index contributed by atoms with van der Waals surface area (Å²) in [7, 11) is 0. The number of aliphatic hydroxyl groups excluding tert-OH is 1. The van der Waals surface area contributed by atoms with E-state index in [4.69, 9.17) is 16.5 Å². The Kier molecular flexibility index (Phi) is 6.31. The van der Waals surface area contributed by atoms with Crippen molar-refractivity contribution in [3.8, 4) is 11.1 Å². The van der Waals surface area contributed by atoms with Crippen molar-refractivity contribution in [2.45, 2.75) is 18.0 Å². The summed E-state index contributed by atoms with van der Waals surface area (Å²) >= 11 is 1.68. The molecule has 176 valence electrons. The minimum Gasteiger partial charge on any atom is -0.492 e. The first-order valence-corrected chi connectivity index (χ1v) is 12.4. The Morgan fingerprint density at radius 3 is 2.40 bits per heavy atom. The molecule has 0 bridgehead atoms. The highest BCUT2D eigenvalue weighted by Crippen LogP contribution is 2.29. The number of hydrogen-bond acceptors (Lipinski definition) is 6. The highest BCUT2D eigenvalue weighted by atomic mass is 32.2. The van der Waals surface area contributed by atoms with Gasteiger partial charge in [-0.2, -0.15) is 5.10 Å². The zero-order chi connectivity index (χ0) is 24.4. The van der Waals surface area contributed by atoms with Crippen LogP contribution in [0.15, 0.2) is 90.0 Å². The molecule has 2 heterocycles. The lowest BCUT2D eigenvalue weighted by Gasteiger charge is -2.13. The Labute approximate surface area is 207 Å². The zero-order valence-electron chi connectivity index (χ0n) is 19.3. The molecule has 0 aliphatic heterocycles. The van der Waals surface area contributed by atoms with Gasteiger partial charge in [0, 0.05) is 23.5 Å². The summed E-state index contributed by atoms with van der Waals surface area (Å²) in [5.41, 5.74) is 18.1. The van der Waals surface area contributed by atoms with E-state index in [0.717, 1.165) is 27.7 Å². The van der Waals surface area contributed by atoms with Gasteiger partial charge >= 0.3 is 0 Å². The van der Waals surface area contributed by atoms with Crippen LogP contribution in [0.2, 0.25) is 0 Å². The smallest absolute Gasteiger partial charge is 0.240 e. The third kappa shape index (κ3) is 4.29. The van der Waals surface area contributed by atoms with Crippen LogP contribution in [0.1, 0.15) is 17.1 Å². The third-order valence-corrected chi connectivity index (χ3v) is 6.73. The molecule has 5 aromatic rings. The number of rotatable bonds is 7. The highest BCUT2D eigenvalue weighted by molar-refractivity contribution is 7.98. The van der Waals surface area contributed by atoms with Crippen LogP contribution in [-0.4, -0.2) is 30.7 Å². The standard InChI is InChI=1S/C27H26N6OS/c1-35-20-13-11-19(12-14-20)21-16-30-33(24(21)15-28)27(34)25(29)26-31-22-9-5-6-10-23(22)32(26)17-18-7-3-2-4-8-18/h2-14,16,34H,15,17,28-29H2,1H3/b27-25+. The SMILES string of the molecule is CSc1ccc(-c2cnn(/C(O)=C(\N)c3nc4ccccc4n3Cc3ccccc3)c2CN)cc1. The van der Waals surface area contributed by atoms with Crippen molar-refractivity contribution >= 4 is 34.4 Å². The minimum atomic E-state index is -0.206. The largest absolute Gasteiger partial charge is 0.492 e. The molecule has 0 radical (unpaired) electrons. The molecule has 0 fully saturated rings. The molecule has 0 saturated heterocycles. The van der Waals surface area contributed by atoms with E-state index in [0.29, 0.717) is 18.1 Å². The van der Waals surface area contributed by atoms with E-state index in [2.05, 4.69) is 5.10 Å². The van der Waals surface area contributed by atoms with Crippen molar-refractivity contribution in [3.05, 3.63) is 102 Å². The average molecular weight is 483 g/mol. The van der Waals surface area contributed by atoms with E-state index in [1.54, 1.807) is 18.0 Å². The average Bonchev–Trinajstić information content (AvgIpc) is 3.50. The van der Waals surface area contributed by atoms with Crippen LogP contribution in [0.3, 0.4) is 0 Å². The molecule has 0 atom stereocenters. The number of hydrogen-bond donors (Lipinski definition) is 3. The van der Waals surface area contributed by atoms with Crippen LogP contribution in [0.5, 0.6) is 0 Å². The summed E-state index contributed by atoms with van der Waals surface area (Å²) in [6.07, 6.45) is 3.74. The van der Waals surface area contributed by atoms with Gasteiger partial charge in [-0.1, -0.05) is 54.6 Å². The van der Waals surface area contributed by atoms with Crippen LogP contribution in [0.25, 0.3) is 33.7 Å². The van der Waals surface area contributed by atoms with Crippen molar-refractivity contribution in [2.75, 3.05) is 6.26 Å². The molecule has 0 saturated carbocycles. The fraction of sp³-hybridized carbons (Fsp3) is 0.111. The summed E-state index contributed by atoms with van der Waals surface area (Å²) in [6, 6.07) is 26.0. The number of benzene rings is 3. The fourth-order valence-electron chi connectivity index (χ4n) is 4.19. The molecule has 2 aromatic heterocycles. The van der Waals surface area contributed by atoms with E-state index in [1.807, 2.05) is 89.7 Å². The van der Waals surface area contributed by atoms with Gasteiger partial charge in [0.1, 0.15) is 5.70 Å². The van der Waals surface area contributed by atoms with Gasteiger partial charge < -0.3 is 21.1 Å². The number of imidazole rings is 1. The number of aliphatic hydroxyl groups is 1. The predicted molar refractivity (Wildman–Crippen MR) is 143 cm³/mol. The fourth-order valence-corrected chi connectivity index (χ4v) is 4.59. The molecule has 7 nitrogen and oxygen atoms in total. The lowest BCUT2D eigenvalue weighted by Crippen LogP contribution is -2.16. The molecule has 0 aliphatic carbocycles. The Morgan fingerprint density at radius 1 is 0.971 bits per heavy atom. The number of nitrogens with two attached hydrogens (primary N) is 2. The summed E-state index contributed by atoms with van der Waals surface area (Å²) < 4.78 is 3.41. The van der Waals surface area contributed by atoms with Gasteiger partial charge in [0.15, 0.2) is 5.82 Å². The third-order valence-electron chi connectivity index (χ3n) is 5.98. The van der Waals surface area contributed by atoms with E-state index in [-0.39, 0.29) is 18.1 Å². The molecule has 5 rings (SSSR count). The summed E-state index contributed by atoms with van der Waals surface area (Å²) in [6.45, 7) is 0.734. The van der Waals surface area contributed by atoms with Crippen LogP contribution >= 0.6 is 11.8 Å². The van der Waals surface area contributed by atoms with Crippen molar-refractivity contribution < 1.29 is 5.11 Å². The van der Waals surface area contributed by atoms with Crippen LogP contribution in [0, 0.1) is 0 Å². The van der Waals surface area contributed by atoms with Crippen molar-refractivity contribution in [3.63, 3.8) is 0 Å². The molecule has 35 heavy (non-hydrogen) atoms. The highest BCUT2D eigenvalue weighted by Gasteiger charge is 2.21. The molecular weight excluding hydrogens is 456 g/mol. The van der Waals surface area contributed by atoms with Gasteiger partial charge in [-0.15, -0.1) is 11.8 Å². The molecule has 0 unspecified atom stereocenters. The van der Waals surface area contributed by atoms with Gasteiger partial charge in [0.25, 0.3) is 0 Å². The van der Waals surface area contributed by atoms with Gasteiger partial charge in [0.2, 0.25) is 5.88 Å². The molecular formula is C27H26N6OS. The van der Waals surface area contributed by atoms with Crippen LogP contribution in [0.4, 0.5) is 0 Å². The first-order valence-electron chi connectivity index (χ1n) is 11.2.